The van der Waals surface area contributed by atoms with Crippen molar-refractivity contribution in [1.82, 2.24) is 9.80 Å². The number of aliphatic hydroxyl groups is 1. The maximum atomic E-state index is 13.4. The van der Waals surface area contributed by atoms with Crippen molar-refractivity contribution in [1.29, 1.82) is 0 Å². The molecule has 0 aliphatic carbocycles. The van der Waals surface area contributed by atoms with Gasteiger partial charge >= 0.3 is 0 Å². The van der Waals surface area contributed by atoms with Crippen LogP contribution in [0, 0.1) is 12.7 Å². The summed E-state index contributed by atoms with van der Waals surface area (Å²) in [6, 6.07) is 19.2. The Kier molecular flexibility index (Phi) is 8.43. The van der Waals surface area contributed by atoms with E-state index in [9.17, 15) is 19.1 Å². The highest BCUT2D eigenvalue weighted by Gasteiger charge is 2.45. The van der Waals surface area contributed by atoms with E-state index in [1.54, 1.807) is 24.3 Å². The Bertz CT molecular complexity index is 1320. The van der Waals surface area contributed by atoms with Gasteiger partial charge in [-0.25, -0.2) is 4.39 Å². The molecule has 1 N–H and O–H groups in total. The minimum atomic E-state index is -0.793. The minimum absolute atomic E-state index is 0.0272. The molecule has 1 amide bonds. The first-order valence-electron chi connectivity index (χ1n) is 12.4. The van der Waals surface area contributed by atoms with Crippen LogP contribution in [0.15, 0.2) is 78.4 Å². The Morgan fingerprint density at radius 3 is 2.26 bits per heavy atom. The van der Waals surface area contributed by atoms with Gasteiger partial charge in [0.1, 0.15) is 36.3 Å². The Morgan fingerprint density at radius 2 is 1.61 bits per heavy atom. The number of amides is 1. The predicted octanol–water partition coefficient (Wildman–Crippen LogP) is 4.58. The summed E-state index contributed by atoms with van der Waals surface area (Å²) in [5, 5.41) is 11.0. The molecule has 3 aromatic carbocycles. The van der Waals surface area contributed by atoms with Crippen LogP contribution in [0.25, 0.3) is 5.76 Å². The van der Waals surface area contributed by atoms with Gasteiger partial charge in [0, 0.05) is 18.7 Å². The Balaban J connectivity index is 1.55. The maximum absolute atomic E-state index is 13.4. The van der Waals surface area contributed by atoms with Crippen LogP contribution in [0.1, 0.15) is 22.7 Å². The average molecular weight is 519 g/mol. The molecule has 198 valence electrons. The smallest absolute Gasteiger partial charge is 0.295 e. The van der Waals surface area contributed by atoms with Gasteiger partial charge in [0.25, 0.3) is 11.7 Å². The molecule has 0 aromatic heterocycles. The number of aryl methyl sites for hydroxylation is 1. The summed E-state index contributed by atoms with van der Waals surface area (Å²) in [4.78, 5) is 29.4. The van der Waals surface area contributed by atoms with Gasteiger partial charge in [0.15, 0.2) is 0 Å². The van der Waals surface area contributed by atoms with Crippen LogP contribution in [0.3, 0.4) is 0 Å². The largest absolute Gasteiger partial charge is 0.507 e. The number of nitrogens with zero attached hydrogens (tertiary/aromatic N) is 2. The van der Waals surface area contributed by atoms with Gasteiger partial charge in [0.05, 0.1) is 11.6 Å². The fourth-order valence-electron chi connectivity index (χ4n) is 4.30. The van der Waals surface area contributed by atoms with Gasteiger partial charge in [-0.15, -0.1) is 0 Å². The van der Waals surface area contributed by atoms with Gasteiger partial charge in [-0.2, -0.15) is 0 Å². The third-order valence-electron chi connectivity index (χ3n) is 6.34. The number of rotatable bonds is 10. The van der Waals surface area contributed by atoms with E-state index in [1.807, 2.05) is 50.2 Å². The van der Waals surface area contributed by atoms with Gasteiger partial charge in [-0.1, -0.05) is 30.3 Å². The number of Topliss-reactive ketones (excluding diaryl/α,β-unsaturated/α-hetero) is 1. The molecular formula is C30H31FN2O5. The van der Waals surface area contributed by atoms with E-state index in [4.69, 9.17) is 9.47 Å². The molecule has 0 bridgehead atoms. The van der Waals surface area contributed by atoms with E-state index in [0.717, 1.165) is 11.3 Å². The molecule has 38 heavy (non-hydrogen) atoms. The predicted molar refractivity (Wildman–Crippen MR) is 143 cm³/mol. The maximum Gasteiger partial charge on any atom is 0.295 e. The fourth-order valence-corrected chi connectivity index (χ4v) is 4.30. The molecule has 7 nitrogen and oxygen atoms in total. The third-order valence-corrected chi connectivity index (χ3v) is 6.34. The Labute approximate surface area is 221 Å². The highest BCUT2D eigenvalue weighted by molar-refractivity contribution is 6.46. The lowest BCUT2D eigenvalue weighted by Crippen LogP contribution is -2.35. The molecule has 1 aliphatic rings. The average Bonchev–Trinajstić information content (AvgIpc) is 3.16. The lowest BCUT2D eigenvalue weighted by atomic mass is 9.95. The fraction of sp³-hybridized carbons (Fsp3) is 0.267. The number of likely N-dealkylation sites (tertiary alicyclic amines) is 1. The first kappa shape index (κ1) is 26.9. The standard InChI is InChI=1S/C30H31FN2O5/c1-20-6-4-5-7-25(20)38-19-18-37-24-14-10-21(11-15-24)27-26(28(34)22-8-12-23(31)13-9-22)29(35)30(36)33(27)17-16-32(2)3/h4-15,27,34H,16-19H2,1-3H3/t27-/m1/s1. The van der Waals surface area contributed by atoms with E-state index in [-0.39, 0.29) is 23.4 Å². The van der Waals surface area contributed by atoms with E-state index in [1.165, 1.54) is 29.2 Å². The summed E-state index contributed by atoms with van der Waals surface area (Å²) in [5.41, 5.74) is 1.93. The number of likely N-dealkylation sites (N-methyl/N-ethyl adjacent to an activating group) is 1. The first-order chi connectivity index (χ1) is 18.3. The number of hydrogen-bond acceptors (Lipinski definition) is 6. The van der Waals surface area contributed by atoms with Gasteiger partial charge in [0.2, 0.25) is 0 Å². The highest BCUT2D eigenvalue weighted by Crippen LogP contribution is 2.39. The van der Waals surface area contributed by atoms with Crippen molar-refractivity contribution in [2.24, 2.45) is 0 Å². The summed E-state index contributed by atoms with van der Waals surface area (Å²) in [6.07, 6.45) is 0. The van der Waals surface area contributed by atoms with Crippen molar-refractivity contribution >= 4 is 17.4 Å². The third kappa shape index (κ3) is 6.03. The number of benzene rings is 3. The van der Waals surface area contributed by atoms with Crippen LogP contribution in [0.2, 0.25) is 0 Å². The van der Waals surface area contributed by atoms with Crippen LogP contribution in [-0.2, 0) is 9.59 Å². The van der Waals surface area contributed by atoms with Crippen molar-refractivity contribution in [3.8, 4) is 11.5 Å². The Morgan fingerprint density at radius 1 is 0.947 bits per heavy atom. The summed E-state index contributed by atoms with van der Waals surface area (Å²) in [6.45, 7) is 3.50. The van der Waals surface area contributed by atoms with E-state index >= 15 is 0 Å². The van der Waals surface area contributed by atoms with Crippen molar-refractivity contribution in [3.63, 3.8) is 0 Å². The lowest BCUT2D eigenvalue weighted by molar-refractivity contribution is -0.140. The number of carbonyl (C=O) groups excluding carboxylic acids is 2. The van der Waals surface area contributed by atoms with Crippen molar-refractivity contribution in [3.05, 3.63) is 101 Å². The van der Waals surface area contributed by atoms with E-state index < -0.39 is 23.5 Å². The molecule has 0 saturated carbocycles. The molecule has 3 aromatic rings. The quantitative estimate of drug-likeness (QED) is 0.183. The topological polar surface area (TPSA) is 79.3 Å². The molecule has 1 saturated heterocycles. The van der Waals surface area contributed by atoms with Gasteiger partial charge < -0.3 is 24.4 Å². The molecular weight excluding hydrogens is 487 g/mol. The molecule has 1 atom stereocenters. The summed E-state index contributed by atoms with van der Waals surface area (Å²) in [5.74, 6) is -0.858. The summed E-state index contributed by atoms with van der Waals surface area (Å²) >= 11 is 0. The number of para-hydroxylation sites is 1. The van der Waals surface area contributed by atoms with Crippen molar-refractivity contribution < 1.29 is 28.6 Å². The zero-order valence-corrected chi connectivity index (χ0v) is 21.7. The van der Waals surface area contributed by atoms with E-state index in [2.05, 4.69) is 0 Å². The number of aliphatic hydroxyl groups excluding tert-OH is 1. The molecule has 8 heteroatoms. The van der Waals surface area contributed by atoms with Crippen LogP contribution in [-0.4, -0.2) is 67.0 Å². The molecule has 1 fully saturated rings. The molecule has 0 spiro atoms. The molecule has 1 heterocycles. The highest BCUT2D eigenvalue weighted by atomic mass is 19.1. The molecule has 4 rings (SSSR count). The van der Waals surface area contributed by atoms with E-state index in [0.29, 0.717) is 31.1 Å². The van der Waals surface area contributed by atoms with Gasteiger partial charge in [-0.05, 0) is 74.6 Å². The monoisotopic (exact) mass is 518 g/mol. The second-order valence-corrected chi connectivity index (χ2v) is 9.33. The SMILES string of the molecule is Cc1ccccc1OCCOc1ccc([C@@H]2C(=C(O)c3ccc(F)cc3)C(=O)C(=O)N2CCN(C)C)cc1. The van der Waals surface area contributed by atoms with Crippen LogP contribution < -0.4 is 9.47 Å². The van der Waals surface area contributed by atoms with Crippen molar-refractivity contribution in [2.45, 2.75) is 13.0 Å². The van der Waals surface area contributed by atoms with Crippen molar-refractivity contribution in [2.75, 3.05) is 40.4 Å². The first-order valence-corrected chi connectivity index (χ1v) is 12.4. The summed E-state index contributed by atoms with van der Waals surface area (Å²) < 4.78 is 25.0. The number of ether oxygens (including phenoxy) is 2. The number of carbonyl (C=O) groups is 2. The number of halogens is 1. The molecule has 1 aliphatic heterocycles. The second kappa shape index (κ2) is 11.9. The normalized spacial score (nSPS) is 16.8. The molecule has 0 radical (unpaired) electrons. The number of hydrogen-bond donors (Lipinski definition) is 1. The second-order valence-electron chi connectivity index (χ2n) is 9.33. The van der Waals surface area contributed by atoms with Crippen LogP contribution in [0.5, 0.6) is 11.5 Å². The number of ketones is 1. The van der Waals surface area contributed by atoms with Crippen LogP contribution in [0.4, 0.5) is 4.39 Å². The Hall–Kier alpha value is -4.17. The lowest BCUT2D eigenvalue weighted by Gasteiger charge is -2.26. The van der Waals surface area contributed by atoms with Gasteiger partial charge in [-0.3, -0.25) is 9.59 Å². The van der Waals surface area contributed by atoms with Crippen LogP contribution >= 0.6 is 0 Å². The zero-order chi connectivity index (χ0) is 27.2. The zero-order valence-electron chi connectivity index (χ0n) is 21.7. The summed E-state index contributed by atoms with van der Waals surface area (Å²) in [7, 11) is 3.75. The minimum Gasteiger partial charge on any atom is -0.507 e. The molecule has 0 unspecified atom stereocenters.